The van der Waals surface area contributed by atoms with E-state index in [2.05, 4.69) is 11.4 Å². The second-order valence-electron chi connectivity index (χ2n) is 6.24. The van der Waals surface area contributed by atoms with Gasteiger partial charge in [-0.1, -0.05) is 31.2 Å². The Labute approximate surface area is 150 Å². The molecule has 0 heterocycles. The van der Waals surface area contributed by atoms with Crippen molar-refractivity contribution in [2.45, 2.75) is 40.2 Å². The summed E-state index contributed by atoms with van der Waals surface area (Å²) >= 11 is 0. The van der Waals surface area contributed by atoms with Crippen molar-refractivity contribution in [3.05, 3.63) is 59.2 Å². The van der Waals surface area contributed by atoms with Crippen molar-refractivity contribution in [3.63, 3.8) is 0 Å². The van der Waals surface area contributed by atoms with Crippen molar-refractivity contribution in [2.24, 2.45) is 0 Å². The van der Waals surface area contributed by atoms with Crippen LogP contribution in [0.2, 0.25) is 0 Å². The predicted molar refractivity (Wildman–Crippen MR) is 100 cm³/mol. The molecule has 1 atom stereocenters. The molecule has 0 unspecified atom stereocenters. The van der Waals surface area contributed by atoms with Gasteiger partial charge in [0.2, 0.25) is 0 Å². The number of carbonyl (C=O) groups is 1. The summed E-state index contributed by atoms with van der Waals surface area (Å²) in [5, 5.41) is 2.88. The summed E-state index contributed by atoms with van der Waals surface area (Å²) < 4.78 is 11.6. The van der Waals surface area contributed by atoms with E-state index < -0.39 is 6.10 Å². The van der Waals surface area contributed by atoms with Crippen LogP contribution in [0.3, 0.4) is 0 Å². The number of ether oxygens (including phenoxy) is 2. The van der Waals surface area contributed by atoms with Crippen LogP contribution in [-0.4, -0.2) is 25.2 Å². The number of benzene rings is 2. The topological polar surface area (TPSA) is 47.6 Å². The van der Waals surface area contributed by atoms with Crippen LogP contribution in [0.5, 0.6) is 11.5 Å². The first-order valence-corrected chi connectivity index (χ1v) is 8.70. The van der Waals surface area contributed by atoms with Crippen molar-refractivity contribution < 1.29 is 14.3 Å². The Bertz CT molecular complexity index is 712. The van der Waals surface area contributed by atoms with E-state index in [1.54, 1.807) is 0 Å². The fourth-order valence-corrected chi connectivity index (χ4v) is 2.49. The van der Waals surface area contributed by atoms with Crippen LogP contribution in [0.15, 0.2) is 42.5 Å². The maximum Gasteiger partial charge on any atom is 0.261 e. The van der Waals surface area contributed by atoms with E-state index in [-0.39, 0.29) is 5.91 Å². The molecule has 4 nitrogen and oxygen atoms in total. The van der Waals surface area contributed by atoms with E-state index in [0.29, 0.717) is 25.3 Å². The second kappa shape index (κ2) is 9.11. The van der Waals surface area contributed by atoms with Gasteiger partial charge >= 0.3 is 0 Å². The van der Waals surface area contributed by atoms with Gasteiger partial charge in [-0.2, -0.15) is 0 Å². The summed E-state index contributed by atoms with van der Waals surface area (Å²) in [6.07, 6.45) is 0.111. The minimum atomic E-state index is -0.498. The molecule has 0 saturated heterocycles. The number of hydrogen-bond donors (Lipinski definition) is 1. The molecule has 0 saturated carbocycles. The second-order valence-corrected chi connectivity index (χ2v) is 6.24. The van der Waals surface area contributed by atoms with Crippen molar-refractivity contribution >= 4 is 5.91 Å². The molecule has 2 rings (SSSR count). The molecule has 0 aliphatic carbocycles. The van der Waals surface area contributed by atoms with Gasteiger partial charge in [0.1, 0.15) is 18.1 Å². The van der Waals surface area contributed by atoms with Gasteiger partial charge in [0.25, 0.3) is 5.91 Å². The monoisotopic (exact) mass is 341 g/mol. The average molecular weight is 341 g/mol. The van der Waals surface area contributed by atoms with E-state index in [9.17, 15) is 4.79 Å². The normalized spacial score (nSPS) is 11.7. The molecule has 0 bridgehead atoms. The summed E-state index contributed by atoms with van der Waals surface area (Å²) in [5.74, 6) is 1.46. The highest BCUT2D eigenvalue weighted by Gasteiger charge is 2.17. The number of amides is 1. The molecule has 2 aromatic carbocycles. The summed E-state index contributed by atoms with van der Waals surface area (Å²) in [7, 11) is 0. The molecule has 0 aromatic heterocycles. The van der Waals surface area contributed by atoms with Crippen LogP contribution in [0.1, 0.15) is 30.0 Å². The molecule has 2 aromatic rings. The standard InChI is InChI=1S/C21H27NO3/c1-5-19(25-18-8-6-7-15(2)13-18)21(23)22-11-12-24-20-14-16(3)9-10-17(20)4/h6-10,13-14,19H,5,11-12H2,1-4H3,(H,22,23)/t19-/m0/s1. The van der Waals surface area contributed by atoms with E-state index in [4.69, 9.17) is 9.47 Å². The van der Waals surface area contributed by atoms with E-state index in [0.717, 1.165) is 22.4 Å². The zero-order valence-electron chi connectivity index (χ0n) is 15.5. The third-order valence-corrected chi connectivity index (χ3v) is 3.93. The largest absolute Gasteiger partial charge is 0.491 e. The van der Waals surface area contributed by atoms with Crippen LogP contribution in [-0.2, 0) is 4.79 Å². The Morgan fingerprint density at radius 2 is 1.84 bits per heavy atom. The molecule has 1 amide bonds. The van der Waals surface area contributed by atoms with Gasteiger partial charge in [0.05, 0.1) is 6.54 Å². The van der Waals surface area contributed by atoms with Crippen molar-refractivity contribution in [3.8, 4) is 11.5 Å². The summed E-state index contributed by atoms with van der Waals surface area (Å²) in [6.45, 7) is 8.85. The van der Waals surface area contributed by atoms with Gasteiger partial charge in [-0.15, -0.1) is 0 Å². The SMILES string of the molecule is CC[C@H](Oc1cccc(C)c1)C(=O)NCCOc1cc(C)ccc1C. The average Bonchev–Trinajstić information content (AvgIpc) is 2.59. The summed E-state index contributed by atoms with van der Waals surface area (Å²) in [5.41, 5.74) is 3.35. The maximum atomic E-state index is 12.3. The Balaban J connectivity index is 1.80. The first-order chi connectivity index (χ1) is 12.0. The predicted octanol–water partition coefficient (Wildman–Crippen LogP) is 3.96. The molecule has 1 N–H and O–H groups in total. The van der Waals surface area contributed by atoms with Gasteiger partial charge < -0.3 is 14.8 Å². The lowest BCUT2D eigenvalue weighted by molar-refractivity contribution is -0.128. The van der Waals surface area contributed by atoms with Gasteiger partial charge in [0.15, 0.2) is 6.10 Å². The van der Waals surface area contributed by atoms with Gasteiger partial charge in [-0.25, -0.2) is 0 Å². The lowest BCUT2D eigenvalue weighted by atomic mass is 10.1. The third kappa shape index (κ3) is 5.82. The minimum Gasteiger partial charge on any atom is -0.491 e. The number of rotatable bonds is 8. The van der Waals surface area contributed by atoms with Crippen LogP contribution >= 0.6 is 0 Å². The lowest BCUT2D eigenvalue weighted by Crippen LogP contribution is -2.39. The molecular weight excluding hydrogens is 314 g/mol. The summed E-state index contributed by atoms with van der Waals surface area (Å²) in [4.78, 5) is 12.3. The fraction of sp³-hybridized carbons (Fsp3) is 0.381. The molecule has 0 spiro atoms. The molecule has 0 radical (unpaired) electrons. The van der Waals surface area contributed by atoms with Crippen LogP contribution in [0.25, 0.3) is 0 Å². The summed E-state index contributed by atoms with van der Waals surface area (Å²) in [6, 6.07) is 13.8. The van der Waals surface area contributed by atoms with E-state index >= 15 is 0 Å². The number of nitrogens with one attached hydrogen (secondary N) is 1. The Hall–Kier alpha value is -2.49. The maximum absolute atomic E-state index is 12.3. The highest BCUT2D eigenvalue weighted by molar-refractivity contribution is 5.81. The zero-order valence-corrected chi connectivity index (χ0v) is 15.5. The van der Waals surface area contributed by atoms with E-state index in [1.807, 2.05) is 64.1 Å². The lowest BCUT2D eigenvalue weighted by Gasteiger charge is -2.18. The zero-order chi connectivity index (χ0) is 18.2. The molecule has 0 fully saturated rings. The Morgan fingerprint density at radius 1 is 1.08 bits per heavy atom. The van der Waals surface area contributed by atoms with Gasteiger partial charge in [0, 0.05) is 0 Å². The van der Waals surface area contributed by atoms with Crippen molar-refractivity contribution in [1.82, 2.24) is 5.32 Å². The number of aryl methyl sites for hydroxylation is 3. The number of hydrogen-bond acceptors (Lipinski definition) is 3. The number of carbonyl (C=O) groups excluding carboxylic acids is 1. The van der Waals surface area contributed by atoms with Crippen LogP contribution in [0, 0.1) is 20.8 Å². The Kier molecular flexibility index (Phi) is 6.87. The van der Waals surface area contributed by atoms with Crippen molar-refractivity contribution in [2.75, 3.05) is 13.2 Å². The first-order valence-electron chi connectivity index (χ1n) is 8.70. The molecule has 134 valence electrons. The highest BCUT2D eigenvalue weighted by atomic mass is 16.5. The molecule has 25 heavy (non-hydrogen) atoms. The van der Waals surface area contributed by atoms with Crippen LogP contribution in [0.4, 0.5) is 0 Å². The quantitative estimate of drug-likeness (QED) is 0.739. The minimum absolute atomic E-state index is 0.117. The smallest absolute Gasteiger partial charge is 0.261 e. The fourth-order valence-electron chi connectivity index (χ4n) is 2.49. The highest BCUT2D eigenvalue weighted by Crippen LogP contribution is 2.19. The van der Waals surface area contributed by atoms with Gasteiger partial charge in [-0.3, -0.25) is 4.79 Å². The Morgan fingerprint density at radius 3 is 2.56 bits per heavy atom. The van der Waals surface area contributed by atoms with E-state index in [1.165, 1.54) is 0 Å². The molecule has 0 aliphatic rings. The first kappa shape index (κ1) is 18.8. The van der Waals surface area contributed by atoms with Gasteiger partial charge in [-0.05, 0) is 62.1 Å². The molecular formula is C21H27NO3. The van der Waals surface area contributed by atoms with Crippen LogP contribution < -0.4 is 14.8 Å². The molecule has 4 heteroatoms. The molecule has 0 aliphatic heterocycles. The van der Waals surface area contributed by atoms with Crippen molar-refractivity contribution in [1.29, 1.82) is 0 Å². The third-order valence-electron chi connectivity index (χ3n) is 3.93.